The Bertz CT molecular complexity index is 307. The molecule has 2 N–H and O–H groups in total. The summed E-state index contributed by atoms with van der Waals surface area (Å²) in [5.41, 5.74) is 7.52. The summed E-state index contributed by atoms with van der Waals surface area (Å²) in [5, 5.41) is 0. The zero-order valence-corrected chi connectivity index (χ0v) is 10.4. The fraction of sp³-hybridized carbons (Fsp3) is 0.500. The average Bonchev–Trinajstić information content (AvgIpc) is 2.12. The van der Waals surface area contributed by atoms with Gasteiger partial charge >= 0.3 is 0 Å². The smallest absolute Gasteiger partial charge is 0.0308 e. The molecule has 1 aromatic carbocycles. The lowest BCUT2D eigenvalue weighted by molar-refractivity contribution is 0.277. The van der Waals surface area contributed by atoms with Gasteiger partial charge in [-0.15, -0.1) is 0 Å². The molecule has 0 spiro atoms. The van der Waals surface area contributed by atoms with E-state index in [1.807, 2.05) is 0 Å². The second kappa shape index (κ2) is 4.62. The van der Waals surface area contributed by atoms with Crippen molar-refractivity contribution in [1.82, 2.24) is 0 Å². The van der Waals surface area contributed by atoms with Crippen LogP contribution in [-0.4, -0.2) is 0 Å². The number of benzene rings is 1. The van der Waals surface area contributed by atoms with Crippen molar-refractivity contribution >= 4 is 22.6 Å². The van der Waals surface area contributed by atoms with Crippen LogP contribution in [0, 0.1) is 9.49 Å². The molecule has 2 heteroatoms. The van der Waals surface area contributed by atoms with E-state index in [1.54, 1.807) is 0 Å². The molecule has 14 heavy (non-hydrogen) atoms. The molecule has 0 aromatic heterocycles. The average molecular weight is 301 g/mol. The Morgan fingerprint density at radius 3 is 2.64 bits per heavy atom. The quantitative estimate of drug-likeness (QED) is 0.850. The lowest BCUT2D eigenvalue weighted by atomic mass is 9.80. The molecule has 1 nitrogen and oxygen atoms in total. The molecule has 0 aliphatic heterocycles. The Labute approximate surface area is 99.2 Å². The summed E-state index contributed by atoms with van der Waals surface area (Å²) in [4.78, 5) is 0. The van der Waals surface area contributed by atoms with Gasteiger partial charge in [-0.05, 0) is 46.6 Å². The summed E-state index contributed by atoms with van der Waals surface area (Å²) < 4.78 is 1.30. The summed E-state index contributed by atoms with van der Waals surface area (Å²) in [6, 6.07) is 8.69. The molecule has 1 unspecified atom stereocenters. The van der Waals surface area contributed by atoms with Crippen molar-refractivity contribution in [3.05, 3.63) is 33.4 Å². The third kappa shape index (κ3) is 2.28. The van der Waals surface area contributed by atoms with Gasteiger partial charge in [-0.1, -0.05) is 37.5 Å². The Morgan fingerprint density at radius 1 is 1.36 bits per heavy atom. The van der Waals surface area contributed by atoms with Crippen LogP contribution in [0.25, 0.3) is 0 Å². The highest BCUT2D eigenvalue weighted by Gasteiger charge is 2.21. The maximum absolute atomic E-state index is 6.20. The van der Waals surface area contributed by atoms with E-state index < -0.39 is 0 Å². The largest absolute Gasteiger partial charge is 0.324 e. The molecule has 1 fully saturated rings. The second-order valence-electron chi connectivity index (χ2n) is 4.16. The molecule has 1 aromatic rings. The van der Waals surface area contributed by atoms with Crippen LogP contribution >= 0.6 is 22.6 Å². The van der Waals surface area contributed by atoms with Gasteiger partial charge in [-0.3, -0.25) is 0 Å². The molecule has 1 atom stereocenters. The predicted octanol–water partition coefficient (Wildman–Crippen LogP) is 3.48. The van der Waals surface area contributed by atoms with Crippen LogP contribution in [0.4, 0.5) is 0 Å². The first-order chi connectivity index (χ1) is 6.77. The second-order valence-corrected chi connectivity index (χ2v) is 5.32. The first kappa shape index (κ1) is 10.4. The molecule has 1 aliphatic carbocycles. The van der Waals surface area contributed by atoms with Gasteiger partial charge in [0.2, 0.25) is 0 Å². The first-order valence-electron chi connectivity index (χ1n) is 5.27. The minimum absolute atomic E-state index is 0.244. The van der Waals surface area contributed by atoms with E-state index in [9.17, 15) is 0 Å². The fourth-order valence-corrected chi connectivity index (χ4v) is 2.78. The van der Waals surface area contributed by atoms with Gasteiger partial charge in [0.15, 0.2) is 0 Å². The highest BCUT2D eigenvalue weighted by molar-refractivity contribution is 14.1. The molecule has 0 saturated heterocycles. The van der Waals surface area contributed by atoms with Crippen LogP contribution in [0.1, 0.15) is 37.3 Å². The Hall–Kier alpha value is -0.0900. The molecule has 0 radical (unpaired) electrons. The van der Waals surface area contributed by atoms with E-state index >= 15 is 0 Å². The van der Waals surface area contributed by atoms with Gasteiger partial charge in [0.1, 0.15) is 0 Å². The fourth-order valence-electron chi connectivity index (χ4n) is 1.99. The van der Waals surface area contributed by atoms with Crippen molar-refractivity contribution < 1.29 is 0 Å². The Balaban J connectivity index is 2.02. The van der Waals surface area contributed by atoms with Gasteiger partial charge in [-0.2, -0.15) is 0 Å². The molecule has 76 valence electrons. The zero-order valence-electron chi connectivity index (χ0n) is 8.25. The van der Waals surface area contributed by atoms with Gasteiger partial charge in [0.05, 0.1) is 0 Å². The van der Waals surface area contributed by atoms with Crippen LogP contribution in [-0.2, 0) is 0 Å². The molecule has 0 bridgehead atoms. The predicted molar refractivity (Wildman–Crippen MR) is 68.0 cm³/mol. The van der Waals surface area contributed by atoms with Crippen LogP contribution in [0.5, 0.6) is 0 Å². The van der Waals surface area contributed by atoms with Crippen molar-refractivity contribution in [2.75, 3.05) is 0 Å². The van der Waals surface area contributed by atoms with Crippen molar-refractivity contribution in [2.24, 2.45) is 11.7 Å². The van der Waals surface area contributed by atoms with Crippen molar-refractivity contribution in [2.45, 2.75) is 31.7 Å². The lowest BCUT2D eigenvalue weighted by Crippen LogP contribution is -2.20. The molecule has 1 saturated carbocycles. The number of rotatable bonds is 3. The molecular formula is C12H16IN. The monoisotopic (exact) mass is 301 g/mol. The normalized spacial score (nSPS) is 19.0. The maximum atomic E-state index is 6.20. The van der Waals surface area contributed by atoms with E-state index in [-0.39, 0.29) is 6.04 Å². The molecule has 1 aliphatic rings. The third-order valence-corrected chi connectivity index (χ3v) is 4.10. The molecule has 2 rings (SSSR count). The zero-order chi connectivity index (χ0) is 9.97. The van der Waals surface area contributed by atoms with Gasteiger partial charge < -0.3 is 5.73 Å². The minimum atomic E-state index is 0.244. The van der Waals surface area contributed by atoms with E-state index in [2.05, 4.69) is 46.9 Å². The number of halogens is 1. The van der Waals surface area contributed by atoms with Crippen molar-refractivity contribution in [3.63, 3.8) is 0 Å². The molecule has 0 amide bonds. The highest BCUT2D eigenvalue weighted by Crippen LogP contribution is 2.34. The van der Waals surface area contributed by atoms with E-state index in [4.69, 9.17) is 5.73 Å². The SMILES string of the molecule is NC(CC1CCC1)c1ccccc1I. The molecular weight excluding hydrogens is 285 g/mol. The summed E-state index contributed by atoms with van der Waals surface area (Å²) in [5.74, 6) is 0.890. The lowest BCUT2D eigenvalue weighted by Gasteiger charge is -2.28. The number of hydrogen-bond donors (Lipinski definition) is 1. The third-order valence-electron chi connectivity index (χ3n) is 3.12. The number of nitrogens with two attached hydrogens (primary N) is 1. The van der Waals surface area contributed by atoms with Crippen molar-refractivity contribution in [3.8, 4) is 0 Å². The standard InChI is InChI=1S/C12H16IN/c13-11-7-2-1-6-10(11)12(14)8-9-4-3-5-9/h1-2,6-7,9,12H,3-5,8,14H2. The van der Waals surface area contributed by atoms with Gasteiger partial charge in [0, 0.05) is 9.61 Å². The van der Waals surface area contributed by atoms with Crippen LogP contribution in [0.2, 0.25) is 0 Å². The highest BCUT2D eigenvalue weighted by atomic mass is 127. The van der Waals surface area contributed by atoms with Crippen LogP contribution in [0.15, 0.2) is 24.3 Å². The van der Waals surface area contributed by atoms with Crippen LogP contribution < -0.4 is 5.73 Å². The summed E-state index contributed by atoms with van der Waals surface area (Å²) in [6.45, 7) is 0. The van der Waals surface area contributed by atoms with Crippen molar-refractivity contribution in [1.29, 1.82) is 0 Å². The summed E-state index contributed by atoms with van der Waals surface area (Å²) in [6.07, 6.45) is 5.34. The van der Waals surface area contributed by atoms with Gasteiger partial charge in [0.25, 0.3) is 0 Å². The van der Waals surface area contributed by atoms with Gasteiger partial charge in [-0.25, -0.2) is 0 Å². The minimum Gasteiger partial charge on any atom is -0.324 e. The Kier molecular flexibility index (Phi) is 3.44. The van der Waals surface area contributed by atoms with E-state index in [0.717, 1.165) is 5.92 Å². The summed E-state index contributed by atoms with van der Waals surface area (Å²) >= 11 is 2.37. The topological polar surface area (TPSA) is 26.0 Å². The number of hydrogen-bond acceptors (Lipinski definition) is 1. The maximum Gasteiger partial charge on any atom is 0.0308 e. The molecule has 0 heterocycles. The Morgan fingerprint density at radius 2 is 2.07 bits per heavy atom. The summed E-state index contributed by atoms with van der Waals surface area (Å²) in [7, 11) is 0. The van der Waals surface area contributed by atoms with E-state index in [0.29, 0.717) is 0 Å². The van der Waals surface area contributed by atoms with E-state index in [1.165, 1.54) is 34.8 Å². The first-order valence-corrected chi connectivity index (χ1v) is 6.35. The van der Waals surface area contributed by atoms with Crippen LogP contribution in [0.3, 0.4) is 0 Å².